The van der Waals surface area contributed by atoms with E-state index in [1.807, 2.05) is 24.3 Å². The van der Waals surface area contributed by atoms with Gasteiger partial charge in [0.05, 0.1) is 5.39 Å². The second-order valence-corrected chi connectivity index (χ2v) is 9.27. The van der Waals surface area contributed by atoms with Gasteiger partial charge in [0.15, 0.2) is 5.43 Å². The molecule has 0 bridgehead atoms. The summed E-state index contributed by atoms with van der Waals surface area (Å²) in [4.78, 5) is 15.3. The van der Waals surface area contributed by atoms with Crippen molar-refractivity contribution in [3.63, 3.8) is 0 Å². The number of nitrogens with zero attached hydrogens (tertiary/aromatic N) is 1. The Hall–Kier alpha value is -2.59. The Bertz CT molecular complexity index is 1080. The molecule has 3 aromatic rings. The predicted octanol–water partition coefficient (Wildman–Crippen LogP) is 5.91. The number of ether oxygens (including phenoxy) is 1. The first-order valence-electron chi connectivity index (χ1n) is 11.7. The zero-order valence-corrected chi connectivity index (χ0v) is 18.3. The molecule has 5 rings (SSSR count). The highest BCUT2D eigenvalue weighted by molar-refractivity contribution is 5.78. The van der Waals surface area contributed by atoms with Gasteiger partial charge in [-0.15, -0.1) is 0 Å². The largest absolute Gasteiger partial charge is 0.485 e. The predicted molar refractivity (Wildman–Crippen MR) is 124 cm³/mol. The van der Waals surface area contributed by atoms with E-state index in [9.17, 15) is 4.79 Å². The monoisotopic (exact) mass is 417 g/mol. The quantitative estimate of drug-likeness (QED) is 0.517. The summed E-state index contributed by atoms with van der Waals surface area (Å²) >= 11 is 0. The first-order valence-corrected chi connectivity index (χ1v) is 11.7. The average molecular weight is 418 g/mol. The second-order valence-electron chi connectivity index (χ2n) is 9.27. The molecule has 1 aromatic heterocycles. The SMILES string of the molecule is CN1CCCC(C(Oc2ccc3oc(C4CCCC4)cc(=O)c3c2)c2ccccc2)C1. The van der Waals surface area contributed by atoms with Gasteiger partial charge in [0, 0.05) is 24.4 Å². The fourth-order valence-electron chi connectivity index (χ4n) is 5.32. The number of piperidine rings is 1. The van der Waals surface area contributed by atoms with Crippen molar-refractivity contribution < 1.29 is 9.15 Å². The molecular weight excluding hydrogens is 386 g/mol. The molecule has 0 radical (unpaired) electrons. The Morgan fingerprint density at radius 2 is 1.81 bits per heavy atom. The lowest BCUT2D eigenvalue weighted by Gasteiger charge is -2.35. The lowest BCUT2D eigenvalue weighted by molar-refractivity contribution is 0.0777. The van der Waals surface area contributed by atoms with E-state index in [4.69, 9.17) is 9.15 Å². The van der Waals surface area contributed by atoms with Gasteiger partial charge in [-0.25, -0.2) is 0 Å². The van der Waals surface area contributed by atoms with Crippen LogP contribution in [0.3, 0.4) is 0 Å². The second kappa shape index (κ2) is 8.88. The van der Waals surface area contributed by atoms with E-state index in [0.29, 0.717) is 22.8 Å². The van der Waals surface area contributed by atoms with Gasteiger partial charge in [-0.05, 0) is 63.0 Å². The molecule has 1 aliphatic heterocycles. The summed E-state index contributed by atoms with van der Waals surface area (Å²) in [6.45, 7) is 2.15. The van der Waals surface area contributed by atoms with Crippen LogP contribution in [0.15, 0.2) is 63.8 Å². The number of likely N-dealkylation sites (tertiary alicyclic amines) is 1. The summed E-state index contributed by atoms with van der Waals surface area (Å²) in [6, 6.07) is 17.9. The average Bonchev–Trinajstić information content (AvgIpc) is 3.33. The molecule has 2 atom stereocenters. The molecule has 2 aliphatic rings. The highest BCUT2D eigenvalue weighted by Gasteiger charge is 2.29. The van der Waals surface area contributed by atoms with Gasteiger partial charge >= 0.3 is 0 Å². The molecule has 0 spiro atoms. The molecule has 4 nitrogen and oxygen atoms in total. The van der Waals surface area contributed by atoms with Crippen molar-refractivity contribution in [2.45, 2.75) is 50.5 Å². The summed E-state index contributed by atoms with van der Waals surface area (Å²) < 4.78 is 12.7. The lowest BCUT2D eigenvalue weighted by atomic mass is 9.88. The van der Waals surface area contributed by atoms with E-state index in [-0.39, 0.29) is 11.5 Å². The van der Waals surface area contributed by atoms with Crippen LogP contribution in [0.25, 0.3) is 11.0 Å². The molecule has 1 aliphatic carbocycles. The molecular formula is C27H31NO3. The van der Waals surface area contributed by atoms with Crippen LogP contribution in [0, 0.1) is 5.92 Å². The van der Waals surface area contributed by atoms with E-state index < -0.39 is 0 Å². The topological polar surface area (TPSA) is 42.7 Å². The van der Waals surface area contributed by atoms with Crippen LogP contribution in [0.2, 0.25) is 0 Å². The van der Waals surface area contributed by atoms with Gasteiger partial charge < -0.3 is 14.1 Å². The zero-order valence-electron chi connectivity index (χ0n) is 18.3. The normalized spacial score (nSPS) is 21.4. The minimum atomic E-state index is -0.0359. The Balaban J connectivity index is 1.46. The van der Waals surface area contributed by atoms with Crippen molar-refractivity contribution in [1.29, 1.82) is 0 Å². The van der Waals surface area contributed by atoms with Crippen molar-refractivity contribution in [2.75, 3.05) is 20.1 Å². The molecule has 31 heavy (non-hydrogen) atoms. The van der Waals surface area contributed by atoms with Gasteiger partial charge in [0.2, 0.25) is 0 Å². The van der Waals surface area contributed by atoms with Crippen LogP contribution in [-0.4, -0.2) is 25.0 Å². The van der Waals surface area contributed by atoms with Crippen molar-refractivity contribution in [3.05, 3.63) is 76.1 Å². The molecule has 2 unspecified atom stereocenters. The number of fused-ring (bicyclic) bond motifs is 1. The molecule has 1 saturated heterocycles. The smallest absolute Gasteiger partial charge is 0.193 e. The van der Waals surface area contributed by atoms with Crippen molar-refractivity contribution in [1.82, 2.24) is 4.90 Å². The van der Waals surface area contributed by atoms with Crippen LogP contribution >= 0.6 is 0 Å². The maximum atomic E-state index is 12.9. The van der Waals surface area contributed by atoms with Gasteiger partial charge in [-0.2, -0.15) is 0 Å². The Kier molecular flexibility index (Phi) is 5.82. The fraction of sp³-hybridized carbons (Fsp3) is 0.444. The van der Waals surface area contributed by atoms with E-state index in [0.717, 1.165) is 43.9 Å². The maximum absolute atomic E-state index is 12.9. The van der Waals surface area contributed by atoms with Crippen molar-refractivity contribution in [3.8, 4) is 5.75 Å². The van der Waals surface area contributed by atoms with E-state index in [1.54, 1.807) is 6.07 Å². The Morgan fingerprint density at radius 1 is 1.00 bits per heavy atom. The summed E-state index contributed by atoms with van der Waals surface area (Å²) in [6.07, 6.45) is 6.95. The minimum Gasteiger partial charge on any atom is -0.485 e. The van der Waals surface area contributed by atoms with Gasteiger partial charge in [-0.1, -0.05) is 43.2 Å². The number of rotatable bonds is 5. The third kappa shape index (κ3) is 4.40. The number of hydrogen-bond acceptors (Lipinski definition) is 4. The molecule has 2 heterocycles. The summed E-state index contributed by atoms with van der Waals surface area (Å²) in [5.41, 5.74) is 1.88. The maximum Gasteiger partial charge on any atom is 0.193 e. The molecule has 2 fully saturated rings. The summed E-state index contributed by atoms with van der Waals surface area (Å²) in [7, 11) is 2.18. The van der Waals surface area contributed by atoms with Crippen molar-refractivity contribution >= 4 is 11.0 Å². The first-order chi connectivity index (χ1) is 15.2. The molecule has 4 heteroatoms. The van der Waals surface area contributed by atoms with Crippen LogP contribution < -0.4 is 10.2 Å². The van der Waals surface area contributed by atoms with Crippen LogP contribution in [0.1, 0.15) is 61.9 Å². The van der Waals surface area contributed by atoms with E-state index in [2.05, 4.69) is 36.2 Å². The zero-order chi connectivity index (χ0) is 21.2. The third-order valence-corrected chi connectivity index (χ3v) is 6.96. The van der Waals surface area contributed by atoms with Crippen LogP contribution in [-0.2, 0) is 0 Å². The summed E-state index contributed by atoms with van der Waals surface area (Å²) in [5.74, 6) is 2.38. The van der Waals surface area contributed by atoms with Crippen LogP contribution in [0.4, 0.5) is 0 Å². The summed E-state index contributed by atoms with van der Waals surface area (Å²) in [5, 5.41) is 0.604. The molecule has 0 amide bonds. The van der Waals surface area contributed by atoms with Gasteiger partial charge in [0.25, 0.3) is 0 Å². The lowest BCUT2D eigenvalue weighted by Crippen LogP contribution is -2.36. The first kappa shape index (κ1) is 20.3. The molecule has 1 saturated carbocycles. The number of hydrogen-bond donors (Lipinski definition) is 0. The fourth-order valence-corrected chi connectivity index (χ4v) is 5.32. The van der Waals surface area contributed by atoms with Gasteiger partial charge in [0.1, 0.15) is 23.2 Å². The highest BCUT2D eigenvalue weighted by Crippen LogP contribution is 2.36. The molecule has 2 aromatic carbocycles. The molecule has 162 valence electrons. The minimum absolute atomic E-state index is 0.0299. The van der Waals surface area contributed by atoms with E-state index >= 15 is 0 Å². The Labute approximate surface area is 183 Å². The van der Waals surface area contributed by atoms with Crippen molar-refractivity contribution in [2.24, 2.45) is 5.92 Å². The highest BCUT2D eigenvalue weighted by atomic mass is 16.5. The van der Waals surface area contributed by atoms with Gasteiger partial charge in [-0.3, -0.25) is 4.79 Å². The molecule has 0 N–H and O–H groups in total. The third-order valence-electron chi connectivity index (χ3n) is 6.96. The van der Waals surface area contributed by atoms with E-state index in [1.165, 1.54) is 24.8 Å². The van der Waals surface area contributed by atoms with Crippen LogP contribution in [0.5, 0.6) is 5.75 Å². The number of benzene rings is 2. The standard InChI is InChI=1S/C27H31NO3/c1-28-15-7-12-21(18-28)27(20-10-3-2-4-11-20)30-22-13-14-25-23(16-22)24(29)17-26(31-25)19-8-5-6-9-19/h2-4,10-11,13-14,16-17,19,21,27H,5-9,12,15,18H2,1H3. The Morgan fingerprint density at radius 3 is 2.58 bits per heavy atom.